The molecule has 0 fully saturated rings. The van der Waals surface area contributed by atoms with Gasteiger partial charge in [-0.25, -0.2) is 9.78 Å². The monoisotopic (exact) mass is 351 g/mol. The Labute approximate surface area is 141 Å². The molecule has 0 bridgehead atoms. The first kappa shape index (κ1) is 15.6. The van der Waals surface area contributed by atoms with E-state index in [1.54, 1.807) is 31.2 Å². The molecule has 3 rings (SSSR count). The summed E-state index contributed by atoms with van der Waals surface area (Å²) in [5, 5.41) is 10.3. The van der Waals surface area contributed by atoms with E-state index in [0.29, 0.717) is 11.1 Å². The average Bonchev–Trinajstić information content (AvgIpc) is 2.95. The van der Waals surface area contributed by atoms with Crippen LogP contribution in [-0.2, 0) is 4.74 Å². The van der Waals surface area contributed by atoms with Gasteiger partial charge in [-0.3, -0.25) is 0 Å². The average molecular weight is 352 g/mol. The summed E-state index contributed by atoms with van der Waals surface area (Å²) in [5.41, 5.74) is 1.19. The molecule has 0 unspecified atom stereocenters. The van der Waals surface area contributed by atoms with E-state index in [9.17, 15) is 9.90 Å². The number of hydrogen-bond acceptors (Lipinski definition) is 5. The molecule has 23 heavy (non-hydrogen) atoms. The van der Waals surface area contributed by atoms with E-state index in [1.807, 2.05) is 0 Å². The molecule has 118 valence electrons. The van der Waals surface area contributed by atoms with Gasteiger partial charge in [0.05, 0.1) is 22.8 Å². The Bertz CT molecular complexity index is 871. The van der Waals surface area contributed by atoms with Gasteiger partial charge in [0.1, 0.15) is 16.3 Å². The zero-order valence-electron chi connectivity index (χ0n) is 12.0. The second-order valence-corrected chi connectivity index (χ2v) is 5.44. The Hall–Kier alpha value is -2.24. The fourth-order valence-corrected chi connectivity index (χ4v) is 2.53. The van der Waals surface area contributed by atoms with E-state index in [-0.39, 0.29) is 39.4 Å². The smallest absolute Gasteiger partial charge is 0.339 e. The predicted molar refractivity (Wildman–Crippen MR) is 87.1 cm³/mol. The van der Waals surface area contributed by atoms with Gasteiger partial charge in [-0.05, 0) is 25.1 Å². The van der Waals surface area contributed by atoms with Crippen LogP contribution >= 0.6 is 23.2 Å². The predicted octanol–water partition coefficient (Wildman–Crippen LogP) is 4.68. The molecule has 7 heteroatoms. The van der Waals surface area contributed by atoms with E-state index in [1.165, 1.54) is 6.07 Å². The summed E-state index contributed by atoms with van der Waals surface area (Å²) in [6.45, 7) is 1.85. The van der Waals surface area contributed by atoms with Crippen LogP contribution in [0.4, 0.5) is 0 Å². The molecule has 0 radical (unpaired) electrons. The number of halogens is 2. The van der Waals surface area contributed by atoms with E-state index in [0.717, 1.165) is 0 Å². The molecule has 0 aliphatic heterocycles. The molecule has 1 heterocycles. The fraction of sp³-hybridized carbons (Fsp3) is 0.125. The van der Waals surface area contributed by atoms with Crippen LogP contribution in [0, 0.1) is 0 Å². The van der Waals surface area contributed by atoms with Crippen LogP contribution in [0.5, 0.6) is 5.75 Å². The Balaban J connectivity index is 2.27. The molecule has 0 atom stereocenters. The largest absolute Gasteiger partial charge is 0.505 e. The number of hydrogen-bond donors (Lipinski definition) is 1. The first-order valence-corrected chi connectivity index (χ1v) is 7.52. The normalized spacial score (nSPS) is 10.9. The van der Waals surface area contributed by atoms with Gasteiger partial charge in [0, 0.05) is 0 Å². The standard InChI is InChI=1S/C16H11Cl2NO4/c1-2-22-16(21)8-7-9(17)13(18)14(20)12(8)15-19-10-5-3-4-6-11(10)23-15/h3-7,20H,2H2,1H3. The van der Waals surface area contributed by atoms with Gasteiger partial charge in [-0.2, -0.15) is 0 Å². The molecule has 0 spiro atoms. The molecule has 0 aliphatic rings. The van der Waals surface area contributed by atoms with Crippen molar-refractivity contribution in [2.24, 2.45) is 0 Å². The van der Waals surface area contributed by atoms with Crippen molar-refractivity contribution in [3.63, 3.8) is 0 Å². The van der Waals surface area contributed by atoms with E-state index in [4.69, 9.17) is 32.4 Å². The summed E-state index contributed by atoms with van der Waals surface area (Å²) in [6.07, 6.45) is 0. The first-order valence-electron chi connectivity index (χ1n) is 6.77. The first-order chi connectivity index (χ1) is 11.0. The Morgan fingerprint density at radius 1 is 1.35 bits per heavy atom. The number of fused-ring (bicyclic) bond motifs is 1. The van der Waals surface area contributed by atoms with Crippen LogP contribution < -0.4 is 0 Å². The summed E-state index contributed by atoms with van der Waals surface area (Å²) in [4.78, 5) is 16.4. The Kier molecular flexibility index (Phi) is 4.15. The summed E-state index contributed by atoms with van der Waals surface area (Å²) in [5.74, 6) is -0.974. The number of nitrogens with zero attached hydrogens (tertiary/aromatic N) is 1. The van der Waals surface area contributed by atoms with Crippen molar-refractivity contribution in [2.45, 2.75) is 6.92 Å². The number of aromatic nitrogens is 1. The van der Waals surface area contributed by atoms with Crippen molar-refractivity contribution in [1.82, 2.24) is 4.98 Å². The number of carbonyl (C=O) groups excluding carboxylic acids is 1. The highest BCUT2D eigenvalue weighted by molar-refractivity contribution is 6.43. The highest BCUT2D eigenvalue weighted by Crippen LogP contribution is 2.43. The van der Waals surface area contributed by atoms with Crippen molar-refractivity contribution in [2.75, 3.05) is 6.61 Å². The lowest BCUT2D eigenvalue weighted by molar-refractivity contribution is 0.0526. The number of aromatic hydroxyl groups is 1. The minimum Gasteiger partial charge on any atom is -0.505 e. The van der Waals surface area contributed by atoms with E-state index < -0.39 is 5.97 Å². The third-order valence-corrected chi connectivity index (χ3v) is 3.98. The maximum Gasteiger partial charge on any atom is 0.339 e. The summed E-state index contributed by atoms with van der Waals surface area (Å²) >= 11 is 11.9. The number of para-hydroxylation sites is 2. The van der Waals surface area contributed by atoms with Crippen molar-refractivity contribution >= 4 is 40.3 Å². The number of benzene rings is 2. The SMILES string of the molecule is CCOC(=O)c1cc(Cl)c(Cl)c(O)c1-c1nc2ccccc2o1. The minimum absolute atomic E-state index is 0.0327. The molecule has 2 aromatic carbocycles. The molecular formula is C16H11Cl2NO4. The molecule has 3 aromatic rings. The van der Waals surface area contributed by atoms with Gasteiger partial charge in [-0.15, -0.1) is 0 Å². The zero-order chi connectivity index (χ0) is 16.6. The lowest BCUT2D eigenvalue weighted by Crippen LogP contribution is -2.07. The second kappa shape index (κ2) is 6.10. The van der Waals surface area contributed by atoms with Gasteiger partial charge in [-0.1, -0.05) is 35.3 Å². The third kappa shape index (κ3) is 2.73. The number of oxazole rings is 1. The lowest BCUT2D eigenvalue weighted by Gasteiger charge is -2.10. The van der Waals surface area contributed by atoms with Gasteiger partial charge in [0.15, 0.2) is 5.58 Å². The van der Waals surface area contributed by atoms with Crippen molar-refractivity contribution < 1.29 is 19.1 Å². The van der Waals surface area contributed by atoms with Gasteiger partial charge < -0.3 is 14.3 Å². The van der Waals surface area contributed by atoms with Crippen LogP contribution in [0.1, 0.15) is 17.3 Å². The summed E-state index contributed by atoms with van der Waals surface area (Å²) in [6, 6.07) is 8.39. The number of carbonyl (C=O) groups is 1. The van der Waals surface area contributed by atoms with Crippen LogP contribution in [-0.4, -0.2) is 22.7 Å². The van der Waals surface area contributed by atoms with Crippen LogP contribution in [0.3, 0.4) is 0 Å². The third-order valence-electron chi connectivity index (χ3n) is 3.20. The highest BCUT2D eigenvalue weighted by atomic mass is 35.5. The Morgan fingerprint density at radius 3 is 2.78 bits per heavy atom. The molecule has 1 aromatic heterocycles. The zero-order valence-corrected chi connectivity index (χ0v) is 13.5. The molecule has 0 saturated carbocycles. The summed E-state index contributed by atoms with van der Waals surface area (Å²) in [7, 11) is 0. The number of phenolic OH excluding ortho intramolecular Hbond substituents is 1. The minimum atomic E-state index is -0.654. The van der Waals surface area contributed by atoms with Crippen LogP contribution in [0.2, 0.25) is 10.0 Å². The molecular weight excluding hydrogens is 341 g/mol. The maximum absolute atomic E-state index is 12.2. The lowest BCUT2D eigenvalue weighted by atomic mass is 10.1. The number of esters is 1. The maximum atomic E-state index is 12.2. The highest BCUT2D eigenvalue weighted by Gasteiger charge is 2.26. The number of ether oxygens (including phenoxy) is 1. The van der Waals surface area contributed by atoms with Gasteiger partial charge in [0.25, 0.3) is 0 Å². The summed E-state index contributed by atoms with van der Waals surface area (Å²) < 4.78 is 10.6. The van der Waals surface area contributed by atoms with Crippen molar-refractivity contribution in [1.29, 1.82) is 0 Å². The molecule has 0 aliphatic carbocycles. The number of rotatable bonds is 3. The number of phenols is 1. The molecule has 5 nitrogen and oxygen atoms in total. The van der Waals surface area contributed by atoms with Crippen LogP contribution in [0.25, 0.3) is 22.6 Å². The van der Waals surface area contributed by atoms with Crippen LogP contribution in [0.15, 0.2) is 34.7 Å². The quantitative estimate of drug-likeness (QED) is 0.693. The molecule has 1 N–H and O–H groups in total. The molecule has 0 amide bonds. The van der Waals surface area contributed by atoms with E-state index in [2.05, 4.69) is 4.98 Å². The fourth-order valence-electron chi connectivity index (χ4n) is 2.18. The van der Waals surface area contributed by atoms with Crippen molar-refractivity contribution in [3.8, 4) is 17.2 Å². The van der Waals surface area contributed by atoms with Gasteiger partial charge >= 0.3 is 5.97 Å². The van der Waals surface area contributed by atoms with Gasteiger partial charge in [0.2, 0.25) is 5.89 Å². The second-order valence-electron chi connectivity index (χ2n) is 4.65. The Morgan fingerprint density at radius 2 is 2.09 bits per heavy atom. The molecule has 0 saturated heterocycles. The van der Waals surface area contributed by atoms with E-state index >= 15 is 0 Å². The van der Waals surface area contributed by atoms with Crippen molar-refractivity contribution in [3.05, 3.63) is 45.9 Å². The topological polar surface area (TPSA) is 72.6 Å².